The van der Waals surface area contributed by atoms with Crippen molar-refractivity contribution >= 4 is 0 Å². The van der Waals surface area contributed by atoms with Crippen LogP contribution in [0.25, 0.3) is 0 Å². The fourth-order valence-electron chi connectivity index (χ4n) is 2.51. The molecule has 1 N–H and O–H groups in total. The minimum absolute atomic E-state index is 0.0537. The van der Waals surface area contributed by atoms with E-state index in [9.17, 15) is 4.39 Å². The largest absolute Gasteiger partial charge is 0.337 e. The first-order valence-corrected chi connectivity index (χ1v) is 6.37. The van der Waals surface area contributed by atoms with Crippen LogP contribution in [-0.2, 0) is 12.5 Å². The fourth-order valence-corrected chi connectivity index (χ4v) is 2.51. The number of nitrogens with zero attached hydrogens (tertiary/aromatic N) is 2. The van der Waals surface area contributed by atoms with Crippen LogP contribution in [0.15, 0.2) is 36.7 Å². The zero-order chi connectivity index (χ0) is 14.0. The van der Waals surface area contributed by atoms with E-state index >= 15 is 0 Å². The summed E-state index contributed by atoms with van der Waals surface area (Å²) in [6, 6.07) is 6.73. The van der Waals surface area contributed by atoms with Gasteiger partial charge in [-0.15, -0.1) is 0 Å². The van der Waals surface area contributed by atoms with Crippen molar-refractivity contribution in [2.24, 2.45) is 7.05 Å². The molecule has 0 amide bonds. The monoisotopic (exact) mass is 261 g/mol. The van der Waals surface area contributed by atoms with E-state index in [1.807, 2.05) is 37.0 Å². The normalized spacial score (nSPS) is 13.5. The topological polar surface area (TPSA) is 29.9 Å². The van der Waals surface area contributed by atoms with Crippen LogP contribution < -0.4 is 5.32 Å². The Kier molecular flexibility index (Phi) is 3.71. The molecule has 2 rings (SSSR count). The van der Waals surface area contributed by atoms with Crippen LogP contribution in [-0.4, -0.2) is 16.6 Å². The summed E-state index contributed by atoms with van der Waals surface area (Å²) < 4.78 is 15.1. The molecular formula is C15H20FN3. The molecule has 1 atom stereocenters. The average Bonchev–Trinajstić information content (AvgIpc) is 2.77. The number of imidazole rings is 1. The number of rotatable bonds is 4. The first-order valence-electron chi connectivity index (χ1n) is 6.37. The second-order valence-electron chi connectivity index (χ2n) is 5.35. The smallest absolute Gasteiger partial charge is 0.126 e. The first kappa shape index (κ1) is 13.7. The van der Waals surface area contributed by atoms with Gasteiger partial charge in [-0.1, -0.05) is 26.0 Å². The maximum Gasteiger partial charge on any atom is 0.126 e. The van der Waals surface area contributed by atoms with Crippen LogP contribution in [0, 0.1) is 5.82 Å². The molecule has 0 spiro atoms. The molecule has 0 fully saturated rings. The lowest BCUT2D eigenvalue weighted by atomic mass is 9.77. The van der Waals surface area contributed by atoms with Crippen molar-refractivity contribution in [3.63, 3.8) is 0 Å². The third-order valence-electron chi connectivity index (χ3n) is 3.72. The molecule has 1 aromatic carbocycles. The summed E-state index contributed by atoms with van der Waals surface area (Å²) in [5.74, 6) is 0.759. The van der Waals surface area contributed by atoms with Gasteiger partial charge in [0.15, 0.2) is 0 Å². The van der Waals surface area contributed by atoms with Crippen molar-refractivity contribution in [1.29, 1.82) is 0 Å². The molecular weight excluding hydrogens is 241 g/mol. The van der Waals surface area contributed by atoms with E-state index in [0.717, 1.165) is 11.4 Å². The number of benzene rings is 1. The SMILES string of the molecule is CNC(c1nccn1C)C(C)(C)c1ccc(F)cc1. The molecule has 0 aliphatic carbocycles. The van der Waals surface area contributed by atoms with E-state index in [2.05, 4.69) is 24.1 Å². The molecule has 1 heterocycles. The van der Waals surface area contributed by atoms with E-state index in [1.54, 1.807) is 6.20 Å². The molecule has 0 radical (unpaired) electrons. The molecule has 0 bridgehead atoms. The van der Waals surface area contributed by atoms with Gasteiger partial charge in [-0.2, -0.15) is 0 Å². The van der Waals surface area contributed by atoms with Gasteiger partial charge in [0.2, 0.25) is 0 Å². The Balaban J connectivity index is 2.41. The maximum absolute atomic E-state index is 13.1. The molecule has 0 aliphatic heterocycles. The molecule has 0 saturated carbocycles. The van der Waals surface area contributed by atoms with Gasteiger partial charge in [0.05, 0.1) is 6.04 Å². The second kappa shape index (κ2) is 5.13. The van der Waals surface area contributed by atoms with Crippen molar-refractivity contribution in [3.05, 3.63) is 53.9 Å². The Hall–Kier alpha value is -1.68. The number of aryl methyl sites for hydroxylation is 1. The van der Waals surface area contributed by atoms with Gasteiger partial charge in [0, 0.05) is 24.9 Å². The molecule has 19 heavy (non-hydrogen) atoms. The maximum atomic E-state index is 13.1. The van der Waals surface area contributed by atoms with E-state index < -0.39 is 0 Å². The van der Waals surface area contributed by atoms with Crippen LogP contribution in [0.4, 0.5) is 4.39 Å². The summed E-state index contributed by atoms with van der Waals surface area (Å²) in [5, 5.41) is 3.32. The highest BCUT2D eigenvalue weighted by atomic mass is 19.1. The molecule has 3 nitrogen and oxygen atoms in total. The summed E-state index contributed by atoms with van der Waals surface area (Å²) >= 11 is 0. The Morgan fingerprint density at radius 1 is 1.26 bits per heavy atom. The Bertz CT molecular complexity index is 543. The minimum Gasteiger partial charge on any atom is -0.337 e. The van der Waals surface area contributed by atoms with Gasteiger partial charge in [-0.25, -0.2) is 9.37 Å². The van der Waals surface area contributed by atoms with E-state index in [4.69, 9.17) is 0 Å². The first-order chi connectivity index (χ1) is 8.96. The lowest BCUT2D eigenvalue weighted by Gasteiger charge is -2.34. The third kappa shape index (κ3) is 2.54. The predicted molar refractivity (Wildman–Crippen MR) is 74.4 cm³/mol. The average molecular weight is 261 g/mol. The van der Waals surface area contributed by atoms with Gasteiger partial charge in [0.25, 0.3) is 0 Å². The minimum atomic E-state index is -0.211. The lowest BCUT2D eigenvalue weighted by molar-refractivity contribution is 0.347. The number of hydrogen-bond donors (Lipinski definition) is 1. The molecule has 1 unspecified atom stereocenters. The van der Waals surface area contributed by atoms with Crippen LogP contribution in [0.3, 0.4) is 0 Å². The van der Waals surface area contributed by atoms with Crippen LogP contribution in [0.5, 0.6) is 0 Å². The highest BCUT2D eigenvalue weighted by Gasteiger charge is 2.33. The Labute approximate surface area is 113 Å². The molecule has 1 aromatic heterocycles. The van der Waals surface area contributed by atoms with Crippen LogP contribution >= 0.6 is 0 Å². The summed E-state index contributed by atoms with van der Waals surface area (Å²) in [6.07, 6.45) is 3.72. The molecule has 0 saturated heterocycles. The Morgan fingerprint density at radius 2 is 1.89 bits per heavy atom. The van der Waals surface area contributed by atoms with Gasteiger partial charge in [-0.3, -0.25) is 0 Å². The third-order valence-corrected chi connectivity index (χ3v) is 3.72. The zero-order valence-electron chi connectivity index (χ0n) is 11.8. The molecule has 0 aliphatic rings. The highest BCUT2D eigenvalue weighted by molar-refractivity contribution is 5.28. The quantitative estimate of drug-likeness (QED) is 0.917. The number of likely N-dealkylation sites (N-methyl/N-ethyl adjacent to an activating group) is 1. The Morgan fingerprint density at radius 3 is 2.37 bits per heavy atom. The number of halogens is 1. The van der Waals surface area contributed by atoms with E-state index in [-0.39, 0.29) is 17.3 Å². The summed E-state index contributed by atoms with van der Waals surface area (Å²) in [5.41, 5.74) is 0.887. The van der Waals surface area contributed by atoms with Gasteiger partial charge in [-0.05, 0) is 24.7 Å². The highest BCUT2D eigenvalue weighted by Crippen LogP contribution is 2.35. The van der Waals surface area contributed by atoms with Crippen molar-refractivity contribution < 1.29 is 4.39 Å². The summed E-state index contributed by atoms with van der Waals surface area (Å²) in [7, 11) is 3.90. The second-order valence-corrected chi connectivity index (χ2v) is 5.35. The molecule has 102 valence electrons. The number of hydrogen-bond acceptors (Lipinski definition) is 2. The van der Waals surface area contributed by atoms with E-state index in [1.165, 1.54) is 12.1 Å². The van der Waals surface area contributed by atoms with Gasteiger partial charge in [0.1, 0.15) is 11.6 Å². The van der Waals surface area contributed by atoms with Crippen molar-refractivity contribution in [2.45, 2.75) is 25.3 Å². The molecule has 2 aromatic rings. The van der Waals surface area contributed by atoms with Crippen molar-refractivity contribution in [2.75, 3.05) is 7.05 Å². The number of aromatic nitrogens is 2. The predicted octanol–water partition coefficient (Wildman–Crippen LogP) is 2.80. The fraction of sp³-hybridized carbons (Fsp3) is 0.400. The zero-order valence-corrected chi connectivity index (χ0v) is 11.8. The van der Waals surface area contributed by atoms with Crippen LogP contribution in [0.2, 0.25) is 0 Å². The van der Waals surface area contributed by atoms with Crippen LogP contribution in [0.1, 0.15) is 31.3 Å². The lowest BCUT2D eigenvalue weighted by Crippen LogP contribution is -2.37. The van der Waals surface area contributed by atoms with Gasteiger partial charge >= 0.3 is 0 Å². The molecule has 4 heteroatoms. The number of nitrogens with one attached hydrogen (secondary N) is 1. The standard InChI is InChI=1S/C15H20FN3/c1-15(2,11-5-7-12(16)8-6-11)13(17-3)14-18-9-10-19(14)4/h5-10,13,17H,1-4H3. The van der Waals surface area contributed by atoms with Gasteiger partial charge < -0.3 is 9.88 Å². The van der Waals surface area contributed by atoms with E-state index in [0.29, 0.717) is 0 Å². The summed E-state index contributed by atoms with van der Waals surface area (Å²) in [4.78, 5) is 4.42. The van der Waals surface area contributed by atoms with Crippen molar-refractivity contribution in [1.82, 2.24) is 14.9 Å². The van der Waals surface area contributed by atoms with Crippen molar-refractivity contribution in [3.8, 4) is 0 Å². The summed E-state index contributed by atoms with van der Waals surface area (Å²) in [6.45, 7) is 4.27.